The third-order valence-corrected chi connectivity index (χ3v) is 5.15. The fourth-order valence-corrected chi connectivity index (χ4v) is 3.57. The molecule has 0 spiro atoms. The summed E-state index contributed by atoms with van der Waals surface area (Å²) in [6.45, 7) is 0.277. The highest BCUT2D eigenvalue weighted by molar-refractivity contribution is 7.14. The van der Waals surface area contributed by atoms with E-state index in [1.54, 1.807) is 13.2 Å². The molecule has 2 N–H and O–H groups in total. The van der Waals surface area contributed by atoms with Crippen LogP contribution in [0.4, 0.5) is 5.13 Å². The second kappa shape index (κ2) is 8.59. The lowest BCUT2D eigenvalue weighted by Gasteiger charge is -2.04. The fraction of sp³-hybridized carbons (Fsp3) is 0.167. The molecular formula is C18H17N3O3S2. The van der Waals surface area contributed by atoms with Gasteiger partial charge in [-0.1, -0.05) is 6.07 Å². The van der Waals surface area contributed by atoms with Crippen molar-refractivity contribution in [1.29, 1.82) is 0 Å². The summed E-state index contributed by atoms with van der Waals surface area (Å²) in [7, 11) is 1.62. The number of rotatable bonds is 7. The van der Waals surface area contributed by atoms with Crippen LogP contribution in [0, 0.1) is 0 Å². The standard InChI is InChI=1S/C18H17N3O3S2/c1-24-13-6-4-12(5-7-13)14-11-26-18(20-14)21-16(22)8-9-19-17(23)15-3-2-10-25-15/h2-7,10-11H,8-9H2,1H3,(H,19,23)(H,20,21,22). The van der Waals surface area contributed by atoms with Gasteiger partial charge < -0.3 is 15.4 Å². The van der Waals surface area contributed by atoms with Crippen molar-refractivity contribution in [2.45, 2.75) is 6.42 Å². The average Bonchev–Trinajstić information content (AvgIpc) is 3.34. The molecule has 134 valence electrons. The molecule has 3 aromatic rings. The summed E-state index contributed by atoms with van der Waals surface area (Å²) in [4.78, 5) is 28.9. The number of thiazole rings is 1. The first-order valence-corrected chi connectivity index (χ1v) is 9.63. The number of methoxy groups -OCH3 is 1. The molecule has 0 aliphatic rings. The molecule has 0 saturated carbocycles. The minimum Gasteiger partial charge on any atom is -0.497 e. The van der Waals surface area contributed by atoms with E-state index in [4.69, 9.17) is 4.74 Å². The van der Waals surface area contributed by atoms with Crippen LogP contribution in [0.2, 0.25) is 0 Å². The molecule has 0 atom stereocenters. The van der Waals surface area contributed by atoms with E-state index < -0.39 is 0 Å². The Kier molecular flexibility index (Phi) is 5.98. The molecule has 0 radical (unpaired) electrons. The van der Waals surface area contributed by atoms with E-state index in [1.165, 1.54) is 22.7 Å². The predicted molar refractivity (Wildman–Crippen MR) is 104 cm³/mol. The fourth-order valence-electron chi connectivity index (χ4n) is 2.19. The van der Waals surface area contributed by atoms with Gasteiger partial charge in [0, 0.05) is 23.9 Å². The molecule has 2 amide bonds. The lowest BCUT2D eigenvalue weighted by atomic mass is 10.2. The summed E-state index contributed by atoms with van der Waals surface area (Å²) < 4.78 is 5.14. The number of anilines is 1. The van der Waals surface area contributed by atoms with E-state index in [0.717, 1.165) is 17.0 Å². The third-order valence-electron chi connectivity index (χ3n) is 3.52. The maximum absolute atomic E-state index is 12.0. The molecule has 0 bridgehead atoms. The van der Waals surface area contributed by atoms with Crippen LogP contribution in [0.15, 0.2) is 47.2 Å². The largest absolute Gasteiger partial charge is 0.497 e. The van der Waals surface area contributed by atoms with Gasteiger partial charge in [0.2, 0.25) is 5.91 Å². The van der Waals surface area contributed by atoms with Crippen molar-refractivity contribution in [3.05, 3.63) is 52.0 Å². The number of carbonyl (C=O) groups excluding carboxylic acids is 2. The first kappa shape index (κ1) is 18.1. The number of amides is 2. The number of nitrogens with zero attached hydrogens (tertiary/aromatic N) is 1. The predicted octanol–water partition coefficient (Wildman–Crippen LogP) is 3.64. The molecular weight excluding hydrogens is 370 g/mol. The van der Waals surface area contributed by atoms with Crippen LogP contribution in [-0.4, -0.2) is 30.5 Å². The Hall–Kier alpha value is -2.71. The van der Waals surface area contributed by atoms with Crippen LogP contribution in [0.5, 0.6) is 5.75 Å². The minimum absolute atomic E-state index is 0.163. The highest BCUT2D eigenvalue weighted by atomic mass is 32.1. The Morgan fingerprint density at radius 3 is 2.65 bits per heavy atom. The van der Waals surface area contributed by atoms with Crippen LogP contribution in [0.25, 0.3) is 11.3 Å². The highest BCUT2D eigenvalue weighted by Gasteiger charge is 2.10. The van der Waals surface area contributed by atoms with E-state index in [0.29, 0.717) is 10.0 Å². The molecule has 8 heteroatoms. The quantitative estimate of drug-likeness (QED) is 0.649. The van der Waals surface area contributed by atoms with E-state index in [2.05, 4.69) is 15.6 Å². The normalized spacial score (nSPS) is 10.3. The number of benzene rings is 1. The van der Waals surface area contributed by atoms with Gasteiger partial charge in [-0.25, -0.2) is 4.98 Å². The molecule has 6 nitrogen and oxygen atoms in total. The summed E-state index contributed by atoms with van der Waals surface area (Å²) in [5.74, 6) is 0.429. The topological polar surface area (TPSA) is 80.3 Å². The van der Waals surface area contributed by atoms with Gasteiger partial charge >= 0.3 is 0 Å². The van der Waals surface area contributed by atoms with Crippen LogP contribution in [0.3, 0.4) is 0 Å². The van der Waals surface area contributed by atoms with Crippen molar-refractivity contribution in [1.82, 2.24) is 10.3 Å². The summed E-state index contributed by atoms with van der Waals surface area (Å²) in [5, 5.41) is 9.74. The number of nitrogens with one attached hydrogen (secondary N) is 2. The van der Waals surface area contributed by atoms with Gasteiger partial charge in [-0.05, 0) is 35.7 Å². The Morgan fingerprint density at radius 2 is 1.96 bits per heavy atom. The molecule has 0 unspecified atom stereocenters. The molecule has 2 aromatic heterocycles. The summed E-state index contributed by atoms with van der Waals surface area (Å²) in [6.07, 6.45) is 0.189. The summed E-state index contributed by atoms with van der Waals surface area (Å²) in [5.41, 5.74) is 1.74. The van der Waals surface area contributed by atoms with Gasteiger partial charge in [0.15, 0.2) is 5.13 Å². The molecule has 0 fully saturated rings. The van der Waals surface area contributed by atoms with E-state index >= 15 is 0 Å². The molecule has 0 saturated heterocycles. The molecule has 26 heavy (non-hydrogen) atoms. The molecule has 1 aromatic carbocycles. The number of carbonyl (C=O) groups is 2. The zero-order valence-corrected chi connectivity index (χ0v) is 15.7. The van der Waals surface area contributed by atoms with Crippen molar-refractivity contribution in [2.75, 3.05) is 19.0 Å². The number of hydrogen-bond donors (Lipinski definition) is 2. The second-order valence-electron chi connectivity index (χ2n) is 5.30. The highest BCUT2D eigenvalue weighted by Crippen LogP contribution is 2.26. The SMILES string of the molecule is COc1ccc(-c2csc(NC(=O)CCNC(=O)c3cccs3)n2)cc1. The molecule has 2 heterocycles. The van der Waals surface area contributed by atoms with E-state index in [9.17, 15) is 9.59 Å². The van der Waals surface area contributed by atoms with Crippen molar-refractivity contribution < 1.29 is 14.3 Å². The maximum atomic E-state index is 12.0. The maximum Gasteiger partial charge on any atom is 0.261 e. The van der Waals surface area contributed by atoms with Crippen molar-refractivity contribution in [3.8, 4) is 17.0 Å². The number of ether oxygens (including phenoxy) is 1. The summed E-state index contributed by atoms with van der Waals surface area (Å²) >= 11 is 2.73. The monoisotopic (exact) mass is 387 g/mol. The van der Waals surface area contributed by atoms with Gasteiger partial charge in [0.25, 0.3) is 5.91 Å². The Labute approximate surface area is 158 Å². The minimum atomic E-state index is -0.188. The van der Waals surface area contributed by atoms with Crippen molar-refractivity contribution >= 4 is 39.6 Å². The second-order valence-corrected chi connectivity index (χ2v) is 7.10. The smallest absolute Gasteiger partial charge is 0.261 e. The van der Waals surface area contributed by atoms with Gasteiger partial charge in [0.1, 0.15) is 5.75 Å². The lowest BCUT2D eigenvalue weighted by Crippen LogP contribution is -2.27. The lowest BCUT2D eigenvalue weighted by molar-refractivity contribution is -0.116. The number of hydrogen-bond acceptors (Lipinski definition) is 6. The van der Waals surface area contributed by atoms with E-state index in [1.807, 2.05) is 41.1 Å². The van der Waals surface area contributed by atoms with Crippen molar-refractivity contribution in [3.63, 3.8) is 0 Å². The molecule has 0 aliphatic carbocycles. The van der Waals surface area contributed by atoms with Crippen LogP contribution in [0.1, 0.15) is 16.1 Å². The van der Waals surface area contributed by atoms with E-state index in [-0.39, 0.29) is 24.8 Å². The summed E-state index contributed by atoms with van der Waals surface area (Å²) in [6, 6.07) is 11.1. The first-order chi connectivity index (χ1) is 12.7. The third kappa shape index (κ3) is 4.68. The van der Waals surface area contributed by atoms with Crippen LogP contribution in [-0.2, 0) is 4.79 Å². The Balaban J connectivity index is 1.48. The number of aromatic nitrogens is 1. The van der Waals surface area contributed by atoms with Crippen molar-refractivity contribution in [2.24, 2.45) is 0 Å². The van der Waals surface area contributed by atoms with Gasteiger partial charge in [-0.2, -0.15) is 0 Å². The average molecular weight is 387 g/mol. The van der Waals surface area contributed by atoms with Crippen LogP contribution < -0.4 is 15.4 Å². The van der Waals surface area contributed by atoms with Gasteiger partial charge in [-0.3, -0.25) is 9.59 Å². The number of thiophene rings is 1. The molecule has 0 aliphatic heterocycles. The Morgan fingerprint density at radius 1 is 1.15 bits per heavy atom. The zero-order valence-electron chi connectivity index (χ0n) is 14.0. The van der Waals surface area contributed by atoms with Crippen LogP contribution >= 0.6 is 22.7 Å². The van der Waals surface area contributed by atoms with Gasteiger partial charge in [0.05, 0.1) is 17.7 Å². The molecule has 3 rings (SSSR count). The Bertz CT molecular complexity index is 873. The zero-order chi connectivity index (χ0) is 18.4. The van der Waals surface area contributed by atoms with Gasteiger partial charge in [-0.15, -0.1) is 22.7 Å². The first-order valence-electron chi connectivity index (χ1n) is 7.87.